The number of rotatable bonds is 8. The number of anilines is 2. The summed E-state index contributed by atoms with van der Waals surface area (Å²) in [5.74, 6) is 1.61. The molecule has 0 atom stereocenters. The highest BCUT2D eigenvalue weighted by atomic mass is 19.1. The van der Waals surface area contributed by atoms with Crippen LogP contribution in [0, 0.1) is 5.82 Å². The Hall–Kier alpha value is -2.88. The summed E-state index contributed by atoms with van der Waals surface area (Å²) < 4.78 is 20.4. The van der Waals surface area contributed by atoms with Crippen molar-refractivity contribution in [1.29, 1.82) is 0 Å². The minimum atomic E-state index is -0.515. The zero-order chi connectivity index (χ0) is 23.3. The molecule has 9 heteroatoms. The monoisotopic (exact) mass is 465 g/mol. The summed E-state index contributed by atoms with van der Waals surface area (Å²) in [7, 11) is 0. The van der Waals surface area contributed by atoms with Crippen LogP contribution in [-0.4, -0.2) is 75.5 Å². The van der Waals surface area contributed by atoms with Crippen LogP contribution in [0.1, 0.15) is 31.1 Å². The lowest BCUT2D eigenvalue weighted by Crippen LogP contribution is -2.45. The van der Waals surface area contributed by atoms with E-state index in [0.29, 0.717) is 11.6 Å². The van der Waals surface area contributed by atoms with Crippen molar-refractivity contribution in [2.45, 2.75) is 32.9 Å². The smallest absolute Gasteiger partial charge is 0.229 e. The first-order chi connectivity index (χ1) is 16.7. The second-order valence-electron chi connectivity index (χ2n) is 9.03. The molecule has 0 amide bonds. The number of hydrogen-bond donors (Lipinski definition) is 1. The van der Waals surface area contributed by atoms with Crippen LogP contribution in [0.2, 0.25) is 0 Å². The van der Waals surface area contributed by atoms with Crippen molar-refractivity contribution in [2.75, 3.05) is 51.1 Å². The molecule has 0 saturated carbocycles. The van der Waals surface area contributed by atoms with Crippen molar-refractivity contribution in [3.05, 3.63) is 53.8 Å². The van der Waals surface area contributed by atoms with Crippen LogP contribution in [0.4, 0.5) is 16.2 Å². The van der Waals surface area contributed by atoms with Crippen LogP contribution >= 0.6 is 0 Å². The van der Waals surface area contributed by atoms with Gasteiger partial charge in [0.15, 0.2) is 11.6 Å². The molecular weight excluding hydrogens is 433 g/mol. The number of hydrogen-bond acceptors (Lipinski definition) is 8. The van der Waals surface area contributed by atoms with Crippen LogP contribution in [0.3, 0.4) is 0 Å². The predicted octanol–water partition coefficient (Wildman–Crippen LogP) is 3.75. The van der Waals surface area contributed by atoms with Gasteiger partial charge < -0.3 is 14.6 Å². The van der Waals surface area contributed by atoms with Gasteiger partial charge in [-0.2, -0.15) is 0 Å². The van der Waals surface area contributed by atoms with E-state index in [2.05, 4.69) is 48.0 Å². The topological polar surface area (TPSA) is 73.6 Å². The highest BCUT2D eigenvalue weighted by Crippen LogP contribution is 2.26. The van der Waals surface area contributed by atoms with Crippen molar-refractivity contribution in [3.63, 3.8) is 0 Å². The third kappa shape index (κ3) is 5.60. The molecule has 0 aromatic carbocycles. The molecule has 0 spiro atoms. The number of aromatic nitrogens is 3. The molecule has 34 heavy (non-hydrogen) atoms. The fraction of sp³-hybridized carbons (Fsp3) is 0.480. The molecule has 180 valence electrons. The molecule has 2 aliphatic heterocycles. The summed E-state index contributed by atoms with van der Waals surface area (Å²) in [6.45, 7) is 11.5. The van der Waals surface area contributed by atoms with Gasteiger partial charge in [0.25, 0.3) is 0 Å². The maximum Gasteiger partial charge on any atom is 0.229 e. The fourth-order valence-corrected chi connectivity index (χ4v) is 4.58. The van der Waals surface area contributed by atoms with Crippen LogP contribution in [0.15, 0.2) is 41.1 Å². The second-order valence-corrected chi connectivity index (χ2v) is 9.03. The molecule has 1 N–H and O–H groups in total. The predicted molar refractivity (Wildman–Crippen MR) is 129 cm³/mol. The van der Waals surface area contributed by atoms with E-state index >= 15 is 0 Å². The molecule has 5 rings (SSSR count). The molecule has 0 aliphatic carbocycles. The van der Waals surface area contributed by atoms with Crippen LogP contribution < -0.4 is 5.32 Å². The van der Waals surface area contributed by atoms with Gasteiger partial charge in [0.05, 0.1) is 12.7 Å². The summed E-state index contributed by atoms with van der Waals surface area (Å²) in [6.07, 6.45) is 5.47. The molecule has 3 aromatic heterocycles. The Morgan fingerprint density at radius 3 is 2.38 bits per heavy atom. The van der Waals surface area contributed by atoms with Gasteiger partial charge in [0.1, 0.15) is 17.3 Å². The number of likely N-dealkylation sites (tertiary alicyclic amines) is 1. The Kier molecular flexibility index (Phi) is 7.13. The molecule has 2 aliphatic rings. The van der Waals surface area contributed by atoms with Gasteiger partial charge in [-0.3, -0.25) is 9.80 Å². The second kappa shape index (κ2) is 10.6. The third-order valence-electron chi connectivity index (χ3n) is 6.60. The average Bonchev–Trinajstić information content (AvgIpc) is 3.55. The summed E-state index contributed by atoms with van der Waals surface area (Å²) in [5.41, 5.74) is 1.31. The molecule has 2 saturated heterocycles. The first-order valence-electron chi connectivity index (χ1n) is 12.2. The highest BCUT2D eigenvalue weighted by molar-refractivity contribution is 5.57. The number of pyridine rings is 1. The van der Waals surface area contributed by atoms with Crippen LogP contribution in [-0.2, 0) is 13.1 Å². The molecule has 0 bridgehead atoms. The lowest BCUT2D eigenvalue weighted by molar-refractivity contribution is 0.132. The zero-order valence-corrected chi connectivity index (χ0v) is 19.7. The van der Waals surface area contributed by atoms with Gasteiger partial charge in [-0.25, -0.2) is 19.3 Å². The van der Waals surface area contributed by atoms with Crippen molar-refractivity contribution < 1.29 is 8.81 Å². The van der Waals surface area contributed by atoms with Crippen molar-refractivity contribution in [1.82, 2.24) is 29.7 Å². The standard InChI is InChI=1S/C25H32FN7O/c1-2-31-11-13-33(14-12-31)17-19-5-8-23(27-15-19)29-25-28-16-21(26)24(30-25)22-7-6-20(34-22)18-32-9-3-4-10-32/h5-8,15-16H,2-4,9-14,17-18H2,1H3,(H,27,28,29,30). The van der Waals surface area contributed by atoms with Crippen molar-refractivity contribution >= 4 is 11.8 Å². The van der Waals surface area contributed by atoms with E-state index in [4.69, 9.17) is 4.42 Å². The van der Waals surface area contributed by atoms with E-state index in [-0.39, 0.29) is 11.6 Å². The summed E-state index contributed by atoms with van der Waals surface area (Å²) in [4.78, 5) is 20.2. The molecule has 3 aromatic rings. The number of piperazine rings is 1. The Labute approximate surface area is 199 Å². The minimum absolute atomic E-state index is 0.146. The lowest BCUT2D eigenvalue weighted by Gasteiger charge is -2.33. The molecule has 0 radical (unpaired) electrons. The number of furan rings is 1. The summed E-state index contributed by atoms with van der Waals surface area (Å²) in [5, 5.41) is 3.08. The lowest BCUT2D eigenvalue weighted by atomic mass is 10.2. The van der Waals surface area contributed by atoms with Crippen LogP contribution in [0.25, 0.3) is 11.5 Å². The minimum Gasteiger partial charge on any atom is -0.458 e. The van der Waals surface area contributed by atoms with Crippen LogP contribution in [0.5, 0.6) is 0 Å². The van der Waals surface area contributed by atoms with E-state index in [9.17, 15) is 4.39 Å². The number of nitrogens with zero attached hydrogens (tertiary/aromatic N) is 6. The van der Waals surface area contributed by atoms with E-state index < -0.39 is 5.82 Å². The van der Waals surface area contributed by atoms with Gasteiger partial charge in [-0.05, 0) is 56.2 Å². The summed E-state index contributed by atoms with van der Waals surface area (Å²) in [6, 6.07) is 7.63. The zero-order valence-electron chi connectivity index (χ0n) is 19.7. The van der Waals surface area contributed by atoms with Crippen molar-refractivity contribution in [2.24, 2.45) is 0 Å². The summed E-state index contributed by atoms with van der Waals surface area (Å²) >= 11 is 0. The van der Waals surface area contributed by atoms with Gasteiger partial charge in [0, 0.05) is 38.9 Å². The normalized spacial score (nSPS) is 17.9. The molecular formula is C25H32FN7O. The first kappa shape index (κ1) is 22.9. The highest BCUT2D eigenvalue weighted by Gasteiger charge is 2.18. The largest absolute Gasteiger partial charge is 0.458 e. The average molecular weight is 466 g/mol. The maximum absolute atomic E-state index is 14.5. The van der Waals surface area contributed by atoms with E-state index in [1.807, 2.05) is 18.3 Å². The fourth-order valence-electron chi connectivity index (χ4n) is 4.58. The van der Waals surface area contributed by atoms with E-state index in [1.165, 1.54) is 12.8 Å². The number of likely N-dealkylation sites (N-methyl/N-ethyl adjacent to an activating group) is 1. The van der Waals surface area contributed by atoms with Gasteiger partial charge in [-0.1, -0.05) is 13.0 Å². The van der Waals surface area contributed by atoms with Gasteiger partial charge in [0.2, 0.25) is 5.95 Å². The maximum atomic E-state index is 14.5. The number of nitrogens with one attached hydrogen (secondary N) is 1. The SMILES string of the molecule is CCN1CCN(Cc2ccc(Nc3ncc(F)c(-c4ccc(CN5CCCC5)o4)n3)nc2)CC1. The van der Waals surface area contributed by atoms with E-state index in [1.54, 1.807) is 6.07 Å². The Bertz CT molecular complexity index is 1070. The Balaban J connectivity index is 1.21. The molecule has 8 nitrogen and oxygen atoms in total. The van der Waals surface area contributed by atoms with Gasteiger partial charge >= 0.3 is 0 Å². The first-order valence-corrected chi connectivity index (χ1v) is 12.2. The third-order valence-corrected chi connectivity index (χ3v) is 6.60. The van der Waals surface area contributed by atoms with Crippen molar-refractivity contribution in [3.8, 4) is 11.5 Å². The Morgan fingerprint density at radius 1 is 0.882 bits per heavy atom. The molecule has 0 unspecified atom stereocenters. The Morgan fingerprint density at radius 2 is 1.65 bits per heavy atom. The van der Waals surface area contributed by atoms with E-state index in [0.717, 1.165) is 76.4 Å². The molecule has 2 fully saturated rings. The molecule has 5 heterocycles. The quantitative estimate of drug-likeness (QED) is 0.539. The number of halogens is 1. The van der Waals surface area contributed by atoms with Gasteiger partial charge in [-0.15, -0.1) is 0 Å².